The Morgan fingerprint density at radius 3 is 2.48 bits per heavy atom. The van der Waals surface area contributed by atoms with Gasteiger partial charge in [0.05, 0.1) is 22.4 Å². The smallest absolute Gasteiger partial charge is 0.338 e. The van der Waals surface area contributed by atoms with E-state index in [4.69, 9.17) is 4.74 Å². The lowest BCUT2D eigenvalue weighted by Crippen LogP contribution is -2.29. The van der Waals surface area contributed by atoms with Crippen LogP contribution in [0.1, 0.15) is 31.1 Å². The highest BCUT2D eigenvalue weighted by Crippen LogP contribution is 2.24. The van der Waals surface area contributed by atoms with Crippen LogP contribution in [-0.4, -0.2) is 41.7 Å². The molecule has 3 amide bonds. The first-order valence-corrected chi connectivity index (χ1v) is 8.35. The van der Waals surface area contributed by atoms with E-state index in [1.807, 2.05) is 0 Å². The van der Waals surface area contributed by atoms with E-state index in [2.05, 4.69) is 11.9 Å². The summed E-state index contributed by atoms with van der Waals surface area (Å²) in [5.74, 6) is -4.59. The number of ether oxygens (including phenoxy) is 1. The minimum atomic E-state index is -0.976. The Hall–Kier alpha value is -3.88. The zero-order chi connectivity index (χ0) is 21.1. The molecule has 1 aliphatic rings. The van der Waals surface area contributed by atoms with Gasteiger partial charge in [-0.1, -0.05) is 6.08 Å². The Kier molecular flexibility index (Phi) is 5.49. The fourth-order valence-corrected chi connectivity index (χ4v) is 2.70. The molecule has 0 bridgehead atoms. The molecule has 9 heteroatoms. The third-order valence-corrected chi connectivity index (χ3v) is 4.06. The second-order valence-electron chi connectivity index (χ2n) is 6.02. The second kappa shape index (κ2) is 8.01. The Morgan fingerprint density at radius 1 is 1.07 bits per heavy atom. The summed E-state index contributed by atoms with van der Waals surface area (Å²) >= 11 is 0. The number of hydrogen-bond donors (Lipinski definition) is 1. The molecule has 29 heavy (non-hydrogen) atoms. The molecule has 0 radical (unpaired) electrons. The van der Waals surface area contributed by atoms with Crippen molar-refractivity contribution in [2.45, 2.75) is 0 Å². The molecular formula is C20H14F2N2O5. The monoisotopic (exact) mass is 400 g/mol. The average molecular weight is 400 g/mol. The Labute approximate surface area is 163 Å². The van der Waals surface area contributed by atoms with Gasteiger partial charge in [0, 0.05) is 12.6 Å². The van der Waals surface area contributed by atoms with Crippen molar-refractivity contribution in [1.29, 1.82) is 0 Å². The molecule has 1 N–H and O–H groups in total. The van der Waals surface area contributed by atoms with Crippen LogP contribution in [0.2, 0.25) is 0 Å². The zero-order valence-corrected chi connectivity index (χ0v) is 14.9. The van der Waals surface area contributed by atoms with Gasteiger partial charge in [0.1, 0.15) is 11.6 Å². The summed E-state index contributed by atoms with van der Waals surface area (Å²) < 4.78 is 31.2. The predicted molar refractivity (Wildman–Crippen MR) is 97.3 cm³/mol. The lowest BCUT2D eigenvalue weighted by Gasteiger charge is -2.09. The number of nitrogens with zero attached hydrogens (tertiary/aromatic N) is 1. The summed E-state index contributed by atoms with van der Waals surface area (Å²) in [6, 6.07) is 6.41. The van der Waals surface area contributed by atoms with Gasteiger partial charge < -0.3 is 10.1 Å². The molecule has 0 spiro atoms. The van der Waals surface area contributed by atoms with Crippen LogP contribution in [0.5, 0.6) is 0 Å². The standard InChI is InChI=1S/C20H14F2N2O5/c1-2-7-24-18(26)13-5-3-11(8-14(13)19(24)27)20(28)29-10-17(25)23-16-6-4-12(21)9-15(16)22/h2-6,8-9H,1,7,10H2,(H,23,25). The fraction of sp³-hybridized carbons (Fsp3) is 0.100. The summed E-state index contributed by atoms with van der Waals surface area (Å²) in [7, 11) is 0. The number of nitrogens with one attached hydrogen (secondary N) is 1. The van der Waals surface area contributed by atoms with Gasteiger partial charge in [0.2, 0.25) is 0 Å². The molecule has 7 nitrogen and oxygen atoms in total. The minimum Gasteiger partial charge on any atom is -0.452 e. The molecule has 0 saturated carbocycles. The van der Waals surface area contributed by atoms with E-state index in [-0.39, 0.29) is 28.9 Å². The lowest BCUT2D eigenvalue weighted by atomic mass is 10.1. The number of rotatable bonds is 6. The van der Waals surface area contributed by atoms with Crippen LogP contribution in [-0.2, 0) is 9.53 Å². The second-order valence-corrected chi connectivity index (χ2v) is 6.02. The van der Waals surface area contributed by atoms with E-state index < -0.39 is 41.9 Å². The van der Waals surface area contributed by atoms with Crippen molar-refractivity contribution in [3.63, 3.8) is 0 Å². The lowest BCUT2D eigenvalue weighted by molar-refractivity contribution is -0.119. The highest BCUT2D eigenvalue weighted by molar-refractivity contribution is 6.22. The molecule has 0 saturated heterocycles. The number of amides is 3. The van der Waals surface area contributed by atoms with Crippen molar-refractivity contribution in [2.24, 2.45) is 0 Å². The highest BCUT2D eigenvalue weighted by Gasteiger charge is 2.35. The molecule has 0 unspecified atom stereocenters. The molecule has 0 aliphatic carbocycles. The number of hydrogen-bond acceptors (Lipinski definition) is 5. The number of carbonyl (C=O) groups excluding carboxylic acids is 4. The van der Waals surface area contributed by atoms with Gasteiger partial charge in [0.15, 0.2) is 6.61 Å². The summed E-state index contributed by atoms with van der Waals surface area (Å²) in [6.45, 7) is 2.78. The average Bonchev–Trinajstić information content (AvgIpc) is 2.93. The molecule has 0 atom stereocenters. The minimum absolute atomic E-state index is 0.0340. The number of halogens is 2. The van der Waals surface area contributed by atoms with Gasteiger partial charge in [-0.15, -0.1) is 6.58 Å². The summed E-state index contributed by atoms with van der Waals surface area (Å²) in [6.07, 6.45) is 1.40. The van der Waals surface area contributed by atoms with Crippen molar-refractivity contribution in [1.82, 2.24) is 4.90 Å². The number of benzene rings is 2. The Bertz CT molecular complexity index is 1050. The van der Waals surface area contributed by atoms with Crippen LogP contribution in [0.15, 0.2) is 49.1 Å². The van der Waals surface area contributed by atoms with Crippen LogP contribution in [0.3, 0.4) is 0 Å². The first-order valence-electron chi connectivity index (χ1n) is 8.35. The maximum atomic E-state index is 13.5. The molecule has 0 aromatic heterocycles. The first-order chi connectivity index (χ1) is 13.8. The molecule has 2 aromatic rings. The maximum absolute atomic E-state index is 13.5. The molecule has 1 heterocycles. The van der Waals surface area contributed by atoms with E-state index in [0.29, 0.717) is 6.07 Å². The van der Waals surface area contributed by atoms with Crippen molar-refractivity contribution < 1.29 is 32.7 Å². The molecular weight excluding hydrogens is 386 g/mol. The first kappa shape index (κ1) is 19.9. The Morgan fingerprint density at radius 2 is 1.79 bits per heavy atom. The molecule has 3 rings (SSSR count). The van der Waals surface area contributed by atoms with Crippen molar-refractivity contribution >= 4 is 29.4 Å². The highest BCUT2D eigenvalue weighted by atomic mass is 19.1. The van der Waals surface area contributed by atoms with Crippen molar-refractivity contribution in [3.05, 3.63) is 77.4 Å². The van der Waals surface area contributed by atoms with Gasteiger partial charge >= 0.3 is 5.97 Å². The Balaban J connectivity index is 1.65. The topological polar surface area (TPSA) is 92.8 Å². The van der Waals surface area contributed by atoms with Crippen LogP contribution in [0.25, 0.3) is 0 Å². The number of carbonyl (C=O) groups is 4. The fourth-order valence-electron chi connectivity index (χ4n) is 2.70. The van der Waals surface area contributed by atoms with Crippen molar-refractivity contribution in [2.75, 3.05) is 18.5 Å². The van der Waals surface area contributed by atoms with E-state index in [1.165, 1.54) is 24.3 Å². The van der Waals surface area contributed by atoms with Gasteiger partial charge in [-0.3, -0.25) is 19.3 Å². The van der Waals surface area contributed by atoms with Crippen LogP contribution in [0.4, 0.5) is 14.5 Å². The summed E-state index contributed by atoms with van der Waals surface area (Å²) in [5.41, 5.74) is -0.107. The number of fused-ring (bicyclic) bond motifs is 1. The van der Waals surface area contributed by atoms with E-state index >= 15 is 0 Å². The third-order valence-electron chi connectivity index (χ3n) is 4.06. The van der Waals surface area contributed by atoms with E-state index in [0.717, 1.165) is 17.0 Å². The third kappa shape index (κ3) is 4.03. The predicted octanol–water partition coefficient (Wildman–Crippen LogP) is 2.54. The molecule has 148 valence electrons. The summed E-state index contributed by atoms with van der Waals surface area (Å²) in [5, 5.41) is 2.15. The van der Waals surface area contributed by atoms with Gasteiger partial charge in [-0.25, -0.2) is 13.6 Å². The quantitative estimate of drug-likeness (QED) is 0.457. The molecule has 2 aromatic carbocycles. The van der Waals surface area contributed by atoms with Crippen LogP contribution >= 0.6 is 0 Å². The molecule has 1 aliphatic heterocycles. The van der Waals surface area contributed by atoms with E-state index in [1.54, 1.807) is 0 Å². The maximum Gasteiger partial charge on any atom is 0.338 e. The van der Waals surface area contributed by atoms with Crippen LogP contribution < -0.4 is 5.32 Å². The normalized spacial score (nSPS) is 12.6. The zero-order valence-electron chi connectivity index (χ0n) is 14.9. The largest absolute Gasteiger partial charge is 0.452 e. The summed E-state index contributed by atoms with van der Waals surface area (Å²) in [4.78, 5) is 49.4. The van der Waals surface area contributed by atoms with Gasteiger partial charge in [-0.2, -0.15) is 0 Å². The van der Waals surface area contributed by atoms with Crippen LogP contribution in [0, 0.1) is 11.6 Å². The number of imide groups is 1. The number of esters is 1. The van der Waals surface area contributed by atoms with E-state index in [9.17, 15) is 28.0 Å². The van der Waals surface area contributed by atoms with Gasteiger partial charge in [0.25, 0.3) is 17.7 Å². The number of anilines is 1. The SMILES string of the molecule is C=CCN1C(=O)c2ccc(C(=O)OCC(=O)Nc3ccc(F)cc3F)cc2C1=O. The van der Waals surface area contributed by atoms with Crippen molar-refractivity contribution in [3.8, 4) is 0 Å². The van der Waals surface area contributed by atoms with Gasteiger partial charge in [-0.05, 0) is 30.3 Å². The molecule has 0 fully saturated rings.